The number of nitrogens with zero attached hydrogens (tertiary/aromatic N) is 2. The standard InChI is InChI=1S/C42H31F9N4O2/c43-40(44,45)23-52-38(57)39(32-14-5-3-11-29(32)30-12-4-6-15-33(30)39)18-7-8-19-55-24-53-36-34(16-9-17-35(36)55)54-37(56)31-13-2-1-10-28(31)25-20-26(41(46,47)48)22-27(21-25)42(49,50)51/h1-6,9-17,20-22,24H,7-8,18-19,23H2,(H,52,57)(H,54,56). The van der Waals surface area contributed by atoms with E-state index in [9.17, 15) is 49.1 Å². The Balaban J connectivity index is 1.11. The molecule has 0 saturated carbocycles. The van der Waals surface area contributed by atoms with Crippen molar-refractivity contribution in [1.29, 1.82) is 0 Å². The number of halogens is 9. The summed E-state index contributed by atoms with van der Waals surface area (Å²) in [4.78, 5) is 31.9. The lowest BCUT2D eigenvalue weighted by Gasteiger charge is -2.31. The maximum Gasteiger partial charge on any atom is 0.416 e. The highest BCUT2D eigenvalue weighted by molar-refractivity contribution is 6.11. The van der Waals surface area contributed by atoms with E-state index in [2.05, 4.69) is 15.6 Å². The summed E-state index contributed by atoms with van der Waals surface area (Å²) in [5, 5.41) is 4.82. The number of rotatable bonds is 10. The van der Waals surface area contributed by atoms with Crippen molar-refractivity contribution in [1.82, 2.24) is 14.9 Å². The summed E-state index contributed by atoms with van der Waals surface area (Å²) < 4.78 is 123. The number of imidazole rings is 1. The molecule has 0 spiro atoms. The Morgan fingerprint density at radius 3 is 1.84 bits per heavy atom. The van der Waals surface area contributed by atoms with Crippen LogP contribution >= 0.6 is 0 Å². The molecule has 2 amide bonds. The summed E-state index contributed by atoms with van der Waals surface area (Å²) >= 11 is 0. The Morgan fingerprint density at radius 1 is 0.667 bits per heavy atom. The molecule has 2 N–H and O–H groups in total. The Labute approximate surface area is 319 Å². The van der Waals surface area contributed by atoms with Crippen LogP contribution in [0.1, 0.15) is 51.9 Å². The molecule has 0 bridgehead atoms. The van der Waals surface area contributed by atoms with Gasteiger partial charge in [-0.05, 0) is 89.0 Å². The fraction of sp³-hybridized carbons (Fsp3) is 0.214. The first-order chi connectivity index (χ1) is 27.0. The van der Waals surface area contributed by atoms with Gasteiger partial charge < -0.3 is 15.2 Å². The van der Waals surface area contributed by atoms with Gasteiger partial charge in [-0.25, -0.2) is 4.98 Å². The van der Waals surface area contributed by atoms with E-state index in [4.69, 9.17) is 0 Å². The van der Waals surface area contributed by atoms with Crippen molar-refractivity contribution in [3.8, 4) is 22.3 Å². The number of anilines is 1. The fourth-order valence-corrected chi connectivity index (χ4v) is 7.56. The third-order valence-electron chi connectivity index (χ3n) is 10.1. The molecule has 6 aromatic rings. The molecule has 0 fully saturated rings. The molecule has 15 heteroatoms. The van der Waals surface area contributed by atoms with Crippen molar-refractivity contribution in [2.75, 3.05) is 11.9 Å². The first-order valence-corrected chi connectivity index (χ1v) is 17.7. The lowest BCUT2D eigenvalue weighted by atomic mass is 9.73. The van der Waals surface area contributed by atoms with Crippen LogP contribution in [-0.4, -0.2) is 34.1 Å². The van der Waals surface area contributed by atoms with Crippen LogP contribution in [0.2, 0.25) is 0 Å². The zero-order valence-electron chi connectivity index (χ0n) is 29.6. The summed E-state index contributed by atoms with van der Waals surface area (Å²) in [5.41, 5.74) is -1.23. The number of hydrogen-bond acceptors (Lipinski definition) is 3. The number of alkyl halides is 9. The predicted molar refractivity (Wildman–Crippen MR) is 195 cm³/mol. The van der Waals surface area contributed by atoms with E-state index in [0.29, 0.717) is 53.7 Å². The molecule has 57 heavy (non-hydrogen) atoms. The SMILES string of the molecule is O=C(Nc1cccc2c1ncn2CCCCC1(C(=O)NCC(F)(F)F)c2ccccc2-c2ccccc21)c1ccccc1-c1cc(C(F)(F)F)cc(C(F)(F)F)c1. The van der Waals surface area contributed by atoms with Crippen LogP contribution in [0.4, 0.5) is 45.2 Å². The van der Waals surface area contributed by atoms with Crippen molar-refractivity contribution >= 4 is 28.5 Å². The van der Waals surface area contributed by atoms with E-state index in [1.807, 2.05) is 24.3 Å². The Kier molecular flexibility index (Phi) is 10.1. The van der Waals surface area contributed by atoms with E-state index in [1.165, 1.54) is 30.6 Å². The minimum absolute atomic E-state index is 0.0173. The summed E-state index contributed by atoms with van der Waals surface area (Å²) in [6.45, 7) is -1.11. The number of carbonyl (C=O) groups excluding carboxylic acids is 2. The number of para-hydroxylation sites is 1. The normalized spacial score (nSPS) is 13.6. The van der Waals surface area contributed by atoms with Gasteiger partial charge in [0.2, 0.25) is 5.91 Å². The molecule has 1 aliphatic rings. The molecular weight excluding hydrogens is 763 g/mol. The highest BCUT2D eigenvalue weighted by Gasteiger charge is 2.49. The Bertz CT molecular complexity index is 2410. The molecule has 0 radical (unpaired) electrons. The maximum absolute atomic E-state index is 13.8. The van der Waals surface area contributed by atoms with Crippen LogP contribution in [0.25, 0.3) is 33.3 Å². The molecule has 0 atom stereocenters. The van der Waals surface area contributed by atoms with Gasteiger partial charge in [-0.2, -0.15) is 39.5 Å². The number of aryl methyl sites for hydroxylation is 1. The van der Waals surface area contributed by atoms with Crippen LogP contribution in [0.5, 0.6) is 0 Å². The predicted octanol–water partition coefficient (Wildman–Crippen LogP) is 10.8. The zero-order valence-corrected chi connectivity index (χ0v) is 29.6. The minimum atomic E-state index is -5.08. The van der Waals surface area contributed by atoms with Gasteiger partial charge in [0.25, 0.3) is 5.91 Å². The summed E-state index contributed by atoms with van der Waals surface area (Å²) in [6, 6.07) is 25.7. The van der Waals surface area contributed by atoms with Crippen LogP contribution < -0.4 is 10.6 Å². The molecule has 0 aliphatic heterocycles. The van der Waals surface area contributed by atoms with Gasteiger partial charge in [-0.1, -0.05) is 72.8 Å². The number of unbranched alkanes of at least 4 members (excludes halogenated alkanes) is 1. The zero-order chi connectivity index (χ0) is 40.8. The third-order valence-corrected chi connectivity index (χ3v) is 10.1. The second-order valence-corrected chi connectivity index (χ2v) is 13.7. The monoisotopic (exact) mass is 794 g/mol. The van der Waals surface area contributed by atoms with Gasteiger partial charge >= 0.3 is 18.5 Å². The molecule has 1 aromatic heterocycles. The van der Waals surface area contributed by atoms with E-state index in [1.54, 1.807) is 47.0 Å². The number of benzene rings is 5. The number of amides is 2. The van der Waals surface area contributed by atoms with Crippen molar-refractivity contribution in [2.24, 2.45) is 0 Å². The first-order valence-electron chi connectivity index (χ1n) is 17.7. The van der Waals surface area contributed by atoms with Crippen molar-refractivity contribution < 1.29 is 49.1 Å². The summed E-state index contributed by atoms with van der Waals surface area (Å²) in [7, 11) is 0. The summed E-state index contributed by atoms with van der Waals surface area (Å²) in [5.74, 6) is -1.55. The lowest BCUT2D eigenvalue weighted by Crippen LogP contribution is -2.47. The fourth-order valence-electron chi connectivity index (χ4n) is 7.56. The molecule has 0 saturated heterocycles. The van der Waals surface area contributed by atoms with Crippen molar-refractivity contribution in [3.05, 3.63) is 143 Å². The lowest BCUT2D eigenvalue weighted by molar-refractivity contribution is -0.143. The second kappa shape index (κ2) is 14.8. The van der Waals surface area contributed by atoms with Crippen molar-refractivity contribution in [3.63, 3.8) is 0 Å². The quantitative estimate of drug-likeness (QED) is 0.107. The number of aromatic nitrogens is 2. The minimum Gasteiger partial charge on any atom is -0.346 e. The molecule has 1 aliphatic carbocycles. The average molecular weight is 795 g/mol. The van der Waals surface area contributed by atoms with Gasteiger partial charge in [0.05, 0.1) is 28.7 Å². The average Bonchev–Trinajstić information content (AvgIpc) is 3.72. The molecule has 6 nitrogen and oxygen atoms in total. The second-order valence-electron chi connectivity index (χ2n) is 13.7. The Hall–Kier alpha value is -6.12. The molecule has 1 heterocycles. The number of hydrogen-bond donors (Lipinski definition) is 2. The molecule has 7 rings (SSSR count). The van der Waals surface area contributed by atoms with E-state index >= 15 is 0 Å². The smallest absolute Gasteiger partial charge is 0.346 e. The number of nitrogens with one attached hydrogen (secondary N) is 2. The molecule has 5 aromatic carbocycles. The van der Waals surface area contributed by atoms with Crippen LogP contribution in [0.15, 0.2) is 116 Å². The molecule has 294 valence electrons. The maximum atomic E-state index is 13.8. The highest BCUT2D eigenvalue weighted by atomic mass is 19.4. The van der Waals surface area contributed by atoms with E-state index in [-0.39, 0.29) is 29.3 Å². The van der Waals surface area contributed by atoms with Gasteiger partial charge in [-0.15, -0.1) is 0 Å². The van der Waals surface area contributed by atoms with E-state index in [0.717, 1.165) is 11.1 Å². The topological polar surface area (TPSA) is 76.0 Å². The highest BCUT2D eigenvalue weighted by Crippen LogP contribution is 2.52. The molecular formula is C42H31F9N4O2. The van der Waals surface area contributed by atoms with Gasteiger partial charge in [-0.3, -0.25) is 9.59 Å². The molecule has 0 unspecified atom stereocenters. The number of carbonyl (C=O) groups is 2. The van der Waals surface area contributed by atoms with Gasteiger partial charge in [0, 0.05) is 12.1 Å². The largest absolute Gasteiger partial charge is 0.416 e. The number of fused-ring (bicyclic) bond motifs is 4. The van der Waals surface area contributed by atoms with Gasteiger partial charge in [0.15, 0.2) is 0 Å². The first kappa shape index (κ1) is 39.1. The van der Waals surface area contributed by atoms with Crippen LogP contribution in [0, 0.1) is 0 Å². The third kappa shape index (κ3) is 7.70. The summed E-state index contributed by atoms with van der Waals surface area (Å²) in [6.07, 6.45) is -12.1. The Morgan fingerprint density at radius 2 is 1.25 bits per heavy atom. The van der Waals surface area contributed by atoms with Crippen molar-refractivity contribution in [2.45, 2.75) is 49.8 Å². The van der Waals surface area contributed by atoms with Crippen LogP contribution in [0.3, 0.4) is 0 Å². The van der Waals surface area contributed by atoms with E-state index < -0.39 is 59.0 Å². The van der Waals surface area contributed by atoms with Gasteiger partial charge in [0.1, 0.15) is 17.5 Å². The van der Waals surface area contributed by atoms with Crippen LogP contribution in [-0.2, 0) is 29.1 Å².